The van der Waals surface area contributed by atoms with Gasteiger partial charge in [-0.1, -0.05) is 38.0 Å². The minimum absolute atomic E-state index is 0.111. The van der Waals surface area contributed by atoms with Gasteiger partial charge in [-0.15, -0.1) is 0 Å². The average molecular weight is 338 g/mol. The molecule has 0 aliphatic rings. The van der Waals surface area contributed by atoms with Crippen molar-refractivity contribution < 1.29 is 19.4 Å². The zero-order valence-electron chi connectivity index (χ0n) is 14.3. The molecule has 0 fully saturated rings. The maximum atomic E-state index is 12.2. The Morgan fingerprint density at radius 1 is 0.960 bits per heavy atom. The first kappa shape index (κ1) is 18.5. The molecule has 0 unspecified atom stereocenters. The van der Waals surface area contributed by atoms with Crippen LogP contribution in [0.25, 0.3) is 6.08 Å². The molecule has 130 valence electrons. The van der Waals surface area contributed by atoms with E-state index in [2.05, 4.69) is 6.92 Å². The Morgan fingerprint density at radius 2 is 1.60 bits per heavy atom. The highest BCUT2D eigenvalue weighted by Gasteiger charge is 2.03. The van der Waals surface area contributed by atoms with Gasteiger partial charge in [-0.2, -0.15) is 0 Å². The molecule has 0 saturated heterocycles. The van der Waals surface area contributed by atoms with Crippen LogP contribution in [0.3, 0.4) is 0 Å². The first-order chi connectivity index (χ1) is 12.1. The van der Waals surface area contributed by atoms with E-state index in [1.54, 1.807) is 42.5 Å². The summed E-state index contributed by atoms with van der Waals surface area (Å²) in [4.78, 5) is 23.0. The first-order valence-electron chi connectivity index (χ1n) is 8.39. The molecule has 4 heteroatoms. The van der Waals surface area contributed by atoms with Crippen LogP contribution in [0.15, 0.2) is 54.6 Å². The van der Waals surface area contributed by atoms with Gasteiger partial charge in [0.25, 0.3) is 0 Å². The van der Waals surface area contributed by atoms with Gasteiger partial charge in [0, 0.05) is 5.56 Å². The molecule has 0 saturated carbocycles. The van der Waals surface area contributed by atoms with Crippen LogP contribution in [0.4, 0.5) is 0 Å². The topological polar surface area (TPSA) is 63.6 Å². The number of carboxylic acids is 1. The SMILES string of the molecule is CCCCCOc1ccc(C(=O)C=Cc2ccc(C(=O)O)cc2)cc1. The fourth-order valence-electron chi connectivity index (χ4n) is 2.26. The molecule has 2 aromatic carbocycles. The van der Waals surface area contributed by atoms with Crippen LogP contribution in [-0.4, -0.2) is 23.5 Å². The summed E-state index contributed by atoms with van der Waals surface area (Å²) >= 11 is 0. The lowest BCUT2D eigenvalue weighted by molar-refractivity contribution is 0.0696. The van der Waals surface area contributed by atoms with Crippen LogP contribution < -0.4 is 4.74 Å². The van der Waals surface area contributed by atoms with E-state index in [0.717, 1.165) is 30.6 Å². The molecular formula is C21H22O4. The van der Waals surface area contributed by atoms with Crippen LogP contribution in [0.1, 0.15) is 52.5 Å². The van der Waals surface area contributed by atoms with Crippen LogP contribution >= 0.6 is 0 Å². The third-order valence-electron chi connectivity index (χ3n) is 3.74. The Balaban J connectivity index is 1.92. The van der Waals surface area contributed by atoms with Gasteiger partial charge in [0.2, 0.25) is 0 Å². The normalized spacial score (nSPS) is 10.8. The predicted molar refractivity (Wildman–Crippen MR) is 98.2 cm³/mol. The maximum Gasteiger partial charge on any atom is 0.335 e. The number of hydrogen-bond donors (Lipinski definition) is 1. The van der Waals surface area contributed by atoms with Gasteiger partial charge in [0.15, 0.2) is 5.78 Å². The van der Waals surface area contributed by atoms with Gasteiger partial charge >= 0.3 is 5.97 Å². The van der Waals surface area contributed by atoms with Gasteiger partial charge in [0.05, 0.1) is 12.2 Å². The third kappa shape index (κ3) is 5.92. The van der Waals surface area contributed by atoms with E-state index >= 15 is 0 Å². The standard InChI is InChI=1S/C21H22O4/c1-2-3-4-15-25-19-12-10-17(11-13-19)20(22)14-7-16-5-8-18(9-6-16)21(23)24/h5-14H,2-4,15H2,1H3,(H,23,24). The Hall–Kier alpha value is -2.88. The third-order valence-corrected chi connectivity index (χ3v) is 3.74. The fraction of sp³-hybridized carbons (Fsp3) is 0.238. The molecule has 0 atom stereocenters. The molecule has 0 bridgehead atoms. The molecule has 2 aromatic rings. The van der Waals surface area contributed by atoms with E-state index in [1.165, 1.54) is 18.2 Å². The number of carbonyl (C=O) groups is 2. The Labute approximate surface area is 147 Å². The number of carboxylic acid groups (broad SMARTS) is 1. The van der Waals surface area contributed by atoms with Crippen molar-refractivity contribution in [3.63, 3.8) is 0 Å². The van der Waals surface area contributed by atoms with Crippen molar-refractivity contribution >= 4 is 17.8 Å². The van der Waals surface area contributed by atoms with Gasteiger partial charge in [-0.3, -0.25) is 4.79 Å². The van der Waals surface area contributed by atoms with Gasteiger partial charge in [0.1, 0.15) is 5.75 Å². The highest BCUT2D eigenvalue weighted by molar-refractivity contribution is 6.06. The summed E-state index contributed by atoms with van der Waals surface area (Å²) in [5.74, 6) is -0.315. The quantitative estimate of drug-likeness (QED) is 0.403. The molecule has 0 aliphatic heterocycles. The number of ether oxygens (including phenoxy) is 1. The number of ketones is 1. The molecule has 4 nitrogen and oxygen atoms in total. The number of allylic oxidation sites excluding steroid dienone is 1. The first-order valence-corrected chi connectivity index (χ1v) is 8.39. The van der Waals surface area contributed by atoms with Gasteiger partial charge < -0.3 is 9.84 Å². The number of hydrogen-bond acceptors (Lipinski definition) is 3. The summed E-state index contributed by atoms with van der Waals surface area (Å²) in [5, 5.41) is 8.86. The molecule has 1 N–H and O–H groups in total. The smallest absolute Gasteiger partial charge is 0.335 e. The second kappa shape index (κ2) is 9.42. The molecule has 2 rings (SSSR count). The van der Waals surface area contributed by atoms with Crippen molar-refractivity contribution in [1.29, 1.82) is 0 Å². The highest BCUT2D eigenvalue weighted by atomic mass is 16.5. The molecule has 0 radical (unpaired) electrons. The van der Waals surface area contributed by atoms with E-state index in [-0.39, 0.29) is 11.3 Å². The fourth-order valence-corrected chi connectivity index (χ4v) is 2.26. The summed E-state index contributed by atoms with van der Waals surface area (Å²) < 4.78 is 5.63. The van der Waals surface area contributed by atoms with Crippen molar-refractivity contribution in [1.82, 2.24) is 0 Å². The summed E-state index contributed by atoms with van der Waals surface area (Å²) in [7, 11) is 0. The summed E-state index contributed by atoms with van der Waals surface area (Å²) in [6, 6.07) is 13.4. The lowest BCUT2D eigenvalue weighted by Gasteiger charge is -2.05. The minimum Gasteiger partial charge on any atom is -0.494 e. The van der Waals surface area contributed by atoms with Crippen LogP contribution in [-0.2, 0) is 0 Å². The second-order valence-corrected chi connectivity index (χ2v) is 5.70. The van der Waals surface area contributed by atoms with Gasteiger partial charge in [-0.05, 0) is 54.5 Å². The lowest BCUT2D eigenvalue weighted by atomic mass is 10.1. The average Bonchev–Trinajstić information content (AvgIpc) is 2.64. The Morgan fingerprint density at radius 3 is 2.20 bits per heavy atom. The van der Waals surface area contributed by atoms with E-state index in [9.17, 15) is 9.59 Å². The second-order valence-electron chi connectivity index (χ2n) is 5.70. The zero-order chi connectivity index (χ0) is 18.1. The van der Waals surface area contributed by atoms with Crippen molar-refractivity contribution in [3.8, 4) is 5.75 Å². The van der Waals surface area contributed by atoms with Crippen molar-refractivity contribution in [2.45, 2.75) is 26.2 Å². The van der Waals surface area contributed by atoms with Gasteiger partial charge in [-0.25, -0.2) is 4.79 Å². The van der Waals surface area contributed by atoms with E-state index in [0.29, 0.717) is 12.2 Å². The number of benzene rings is 2. The lowest BCUT2D eigenvalue weighted by Crippen LogP contribution is -1.98. The highest BCUT2D eigenvalue weighted by Crippen LogP contribution is 2.14. The molecule has 0 amide bonds. The minimum atomic E-state index is -0.969. The van der Waals surface area contributed by atoms with E-state index in [4.69, 9.17) is 9.84 Å². The van der Waals surface area contributed by atoms with Crippen molar-refractivity contribution in [3.05, 3.63) is 71.3 Å². The zero-order valence-corrected chi connectivity index (χ0v) is 14.3. The predicted octanol–water partition coefficient (Wildman–Crippen LogP) is 4.85. The maximum absolute atomic E-state index is 12.2. The van der Waals surface area contributed by atoms with Crippen LogP contribution in [0.2, 0.25) is 0 Å². The van der Waals surface area contributed by atoms with Crippen molar-refractivity contribution in [2.24, 2.45) is 0 Å². The van der Waals surface area contributed by atoms with Crippen LogP contribution in [0.5, 0.6) is 5.75 Å². The van der Waals surface area contributed by atoms with Crippen molar-refractivity contribution in [2.75, 3.05) is 6.61 Å². The summed E-state index contributed by atoms with van der Waals surface area (Å²) in [6.45, 7) is 2.84. The molecule has 0 aliphatic carbocycles. The number of carbonyl (C=O) groups excluding carboxylic acids is 1. The molecule has 25 heavy (non-hydrogen) atoms. The Bertz CT molecular complexity index is 727. The van der Waals surface area contributed by atoms with E-state index < -0.39 is 5.97 Å². The molecule has 0 spiro atoms. The monoisotopic (exact) mass is 338 g/mol. The van der Waals surface area contributed by atoms with E-state index in [1.807, 2.05) is 0 Å². The number of unbranched alkanes of at least 4 members (excludes halogenated alkanes) is 2. The molecular weight excluding hydrogens is 316 g/mol. The molecule has 0 aromatic heterocycles. The summed E-state index contributed by atoms with van der Waals surface area (Å²) in [6.07, 6.45) is 6.48. The van der Waals surface area contributed by atoms with Crippen LogP contribution in [0, 0.1) is 0 Å². The number of rotatable bonds is 9. The molecule has 0 heterocycles. The summed E-state index contributed by atoms with van der Waals surface area (Å²) in [5.41, 5.74) is 1.58. The number of aromatic carboxylic acids is 1. The Kier molecular flexibility index (Phi) is 6.96. The largest absolute Gasteiger partial charge is 0.494 e.